The fourth-order valence-electron chi connectivity index (χ4n) is 3.24. The summed E-state index contributed by atoms with van der Waals surface area (Å²) < 4.78 is 18.0. The van der Waals surface area contributed by atoms with Crippen molar-refractivity contribution < 1.29 is 19.0 Å². The lowest BCUT2D eigenvalue weighted by Gasteiger charge is -2.15. The number of nitrogens with zero attached hydrogens (tertiary/aromatic N) is 1. The van der Waals surface area contributed by atoms with Gasteiger partial charge in [0.05, 0.1) is 29.7 Å². The van der Waals surface area contributed by atoms with Gasteiger partial charge in [0.2, 0.25) is 0 Å². The lowest BCUT2D eigenvalue weighted by Crippen LogP contribution is -2.27. The van der Waals surface area contributed by atoms with Gasteiger partial charge >= 0.3 is 0 Å². The number of amides is 1. The number of ether oxygens (including phenoxy) is 3. The predicted molar refractivity (Wildman–Crippen MR) is 140 cm³/mol. The Morgan fingerprint density at radius 2 is 1.79 bits per heavy atom. The van der Waals surface area contributed by atoms with Crippen LogP contribution in [-0.2, 0) is 11.2 Å². The minimum absolute atomic E-state index is 0.0914. The van der Waals surface area contributed by atoms with Gasteiger partial charge in [0.15, 0.2) is 11.5 Å². The molecule has 1 fully saturated rings. The second-order valence-corrected chi connectivity index (χ2v) is 9.32. The first kappa shape index (κ1) is 25.4. The SMILES string of the molecule is CCOc1cc(/C=C2/SC(=S)N(CC)C2=O)cc(Cl)c1OCCCOc1ccc(CC)cc1. The normalized spacial score (nSPS) is 14.8. The highest BCUT2D eigenvalue weighted by Crippen LogP contribution is 2.39. The number of benzene rings is 2. The quantitative estimate of drug-likeness (QED) is 0.201. The van der Waals surface area contributed by atoms with Crippen LogP contribution in [0.5, 0.6) is 17.2 Å². The Labute approximate surface area is 210 Å². The van der Waals surface area contributed by atoms with Crippen LogP contribution in [0.1, 0.15) is 38.3 Å². The Morgan fingerprint density at radius 1 is 1.06 bits per heavy atom. The van der Waals surface area contributed by atoms with Crippen molar-refractivity contribution in [2.75, 3.05) is 26.4 Å². The molecule has 0 radical (unpaired) electrons. The lowest BCUT2D eigenvalue weighted by atomic mass is 10.1. The van der Waals surface area contributed by atoms with Gasteiger partial charge in [-0.2, -0.15) is 0 Å². The summed E-state index contributed by atoms with van der Waals surface area (Å²) in [5, 5.41) is 0.425. The number of carbonyl (C=O) groups excluding carboxylic acids is 1. The predicted octanol–water partition coefficient (Wildman–Crippen LogP) is 6.37. The average Bonchev–Trinajstić information content (AvgIpc) is 3.07. The number of thiocarbonyl (C=S) groups is 1. The Kier molecular flexibility index (Phi) is 9.47. The third-order valence-electron chi connectivity index (χ3n) is 4.95. The molecule has 176 valence electrons. The number of hydrogen-bond acceptors (Lipinski definition) is 6. The van der Waals surface area contributed by atoms with Gasteiger partial charge in [-0.25, -0.2) is 0 Å². The first-order valence-corrected chi connectivity index (χ1v) is 12.6. The third kappa shape index (κ3) is 6.65. The highest BCUT2D eigenvalue weighted by Gasteiger charge is 2.30. The zero-order chi connectivity index (χ0) is 23.8. The average molecular weight is 506 g/mol. The molecule has 3 rings (SSSR count). The second-order valence-electron chi connectivity index (χ2n) is 7.24. The molecule has 5 nitrogen and oxygen atoms in total. The first-order chi connectivity index (χ1) is 16.0. The van der Waals surface area contributed by atoms with E-state index in [1.54, 1.807) is 17.0 Å². The topological polar surface area (TPSA) is 48.0 Å². The van der Waals surface area contributed by atoms with Gasteiger partial charge in [-0.3, -0.25) is 9.69 Å². The molecule has 0 aromatic heterocycles. The van der Waals surface area contributed by atoms with E-state index in [1.807, 2.05) is 32.0 Å². The maximum atomic E-state index is 12.5. The van der Waals surface area contributed by atoms with Crippen molar-refractivity contribution >= 4 is 51.9 Å². The van der Waals surface area contributed by atoms with Gasteiger partial charge in [-0.15, -0.1) is 0 Å². The zero-order valence-corrected chi connectivity index (χ0v) is 21.4. The van der Waals surface area contributed by atoms with E-state index in [0.717, 1.165) is 17.7 Å². The zero-order valence-electron chi connectivity index (χ0n) is 19.1. The fraction of sp³-hybridized carbons (Fsp3) is 0.360. The summed E-state index contributed by atoms with van der Waals surface area (Å²) in [6.45, 7) is 7.90. The van der Waals surface area contributed by atoms with Crippen LogP contribution in [0.3, 0.4) is 0 Å². The molecule has 0 unspecified atom stereocenters. The van der Waals surface area contributed by atoms with Crippen LogP contribution in [-0.4, -0.2) is 41.5 Å². The molecule has 1 amide bonds. The van der Waals surface area contributed by atoms with Gasteiger partial charge in [-0.05, 0) is 61.7 Å². The summed E-state index contributed by atoms with van der Waals surface area (Å²) in [6, 6.07) is 11.7. The highest BCUT2D eigenvalue weighted by atomic mass is 35.5. The number of hydrogen-bond donors (Lipinski definition) is 0. The molecular weight excluding hydrogens is 478 g/mol. The molecule has 0 atom stereocenters. The number of aryl methyl sites for hydroxylation is 1. The number of carbonyl (C=O) groups is 1. The number of likely N-dealkylation sites (N-methyl/N-ethyl adjacent to an activating group) is 1. The summed E-state index contributed by atoms with van der Waals surface area (Å²) in [6.07, 6.45) is 3.48. The van der Waals surface area contributed by atoms with Crippen LogP contribution in [0.4, 0.5) is 0 Å². The molecule has 0 saturated carbocycles. The van der Waals surface area contributed by atoms with E-state index < -0.39 is 0 Å². The van der Waals surface area contributed by atoms with Crippen molar-refractivity contribution in [2.45, 2.75) is 33.6 Å². The van der Waals surface area contributed by atoms with Crippen molar-refractivity contribution in [3.63, 3.8) is 0 Å². The third-order valence-corrected chi connectivity index (χ3v) is 6.61. The summed E-state index contributed by atoms with van der Waals surface area (Å²) >= 11 is 13.1. The molecule has 33 heavy (non-hydrogen) atoms. The van der Waals surface area contributed by atoms with E-state index in [9.17, 15) is 4.79 Å². The monoisotopic (exact) mass is 505 g/mol. The van der Waals surface area contributed by atoms with E-state index in [1.165, 1.54) is 17.3 Å². The molecule has 0 N–H and O–H groups in total. The maximum Gasteiger partial charge on any atom is 0.266 e. The van der Waals surface area contributed by atoms with Crippen LogP contribution in [0, 0.1) is 0 Å². The van der Waals surface area contributed by atoms with Crippen LogP contribution in [0.15, 0.2) is 41.3 Å². The van der Waals surface area contributed by atoms with E-state index in [-0.39, 0.29) is 5.91 Å². The molecule has 0 spiro atoms. The maximum absolute atomic E-state index is 12.5. The Hall–Kier alpha value is -2.22. The van der Waals surface area contributed by atoms with Gasteiger partial charge in [0.25, 0.3) is 5.91 Å². The van der Waals surface area contributed by atoms with Crippen molar-refractivity contribution in [1.82, 2.24) is 4.90 Å². The molecular formula is C25H28ClNO4S2. The lowest BCUT2D eigenvalue weighted by molar-refractivity contribution is -0.121. The minimum atomic E-state index is -0.0914. The van der Waals surface area contributed by atoms with E-state index in [2.05, 4.69) is 19.1 Å². The minimum Gasteiger partial charge on any atom is -0.493 e. The largest absolute Gasteiger partial charge is 0.493 e. The molecule has 1 heterocycles. The first-order valence-electron chi connectivity index (χ1n) is 11.0. The van der Waals surface area contributed by atoms with Crippen LogP contribution >= 0.6 is 35.6 Å². The van der Waals surface area contributed by atoms with Gasteiger partial charge in [0, 0.05) is 13.0 Å². The van der Waals surface area contributed by atoms with E-state index in [4.69, 9.17) is 38.0 Å². The number of halogens is 1. The molecule has 0 aliphatic carbocycles. The molecule has 2 aromatic rings. The smallest absolute Gasteiger partial charge is 0.266 e. The standard InChI is InChI=1S/C25H28ClNO4S2/c1-4-17-8-10-19(11-9-17)30-12-7-13-31-23-20(26)14-18(15-21(23)29-6-3)16-22-24(28)27(5-2)25(32)33-22/h8-11,14-16H,4-7,12-13H2,1-3H3/b22-16+. The molecule has 1 saturated heterocycles. The fourth-order valence-corrected chi connectivity index (χ4v) is 4.90. The summed E-state index contributed by atoms with van der Waals surface area (Å²) in [5.74, 6) is 1.78. The Bertz CT molecular complexity index is 1020. The number of thioether (sulfide) groups is 1. The van der Waals surface area contributed by atoms with E-state index >= 15 is 0 Å². The Balaban J connectivity index is 1.63. The van der Waals surface area contributed by atoms with Crippen molar-refractivity contribution in [3.8, 4) is 17.2 Å². The van der Waals surface area contributed by atoms with Crippen molar-refractivity contribution in [2.24, 2.45) is 0 Å². The van der Waals surface area contributed by atoms with Crippen LogP contribution < -0.4 is 14.2 Å². The molecule has 1 aliphatic rings. The van der Waals surface area contributed by atoms with Gasteiger partial charge in [-0.1, -0.05) is 54.6 Å². The van der Waals surface area contributed by atoms with Gasteiger partial charge in [0.1, 0.15) is 10.1 Å². The van der Waals surface area contributed by atoms with Crippen molar-refractivity contribution in [3.05, 3.63) is 57.5 Å². The second kappa shape index (κ2) is 12.3. The summed E-state index contributed by atoms with van der Waals surface area (Å²) in [5.41, 5.74) is 2.04. The van der Waals surface area contributed by atoms with Crippen LogP contribution in [0.25, 0.3) is 6.08 Å². The number of rotatable bonds is 11. The molecule has 2 aromatic carbocycles. The molecule has 8 heteroatoms. The highest BCUT2D eigenvalue weighted by molar-refractivity contribution is 8.26. The Morgan fingerprint density at radius 3 is 2.42 bits per heavy atom. The van der Waals surface area contributed by atoms with Gasteiger partial charge < -0.3 is 14.2 Å². The van der Waals surface area contributed by atoms with Crippen molar-refractivity contribution in [1.29, 1.82) is 0 Å². The van der Waals surface area contributed by atoms with E-state index in [0.29, 0.717) is 58.5 Å². The summed E-state index contributed by atoms with van der Waals surface area (Å²) in [7, 11) is 0. The van der Waals surface area contributed by atoms with Crippen LogP contribution in [0.2, 0.25) is 5.02 Å². The summed E-state index contributed by atoms with van der Waals surface area (Å²) in [4.78, 5) is 14.6. The molecule has 0 bridgehead atoms. The molecule has 1 aliphatic heterocycles.